The third-order valence-corrected chi connectivity index (χ3v) is 6.15. The van der Waals surface area contributed by atoms with Gasteiger partial charge in [-0.05, 0) is 74.6 Å². The number of benzene rings is 3. The SMILES string of the molecule is COc1ccc(/C(O)=C2\C(=O)C(=O)N(CCN(C)C)[C@H]2c2cccc(Oc3ccccc3)c2)cc1C. The summed E-state index contributed by atoms with van der Waals surface area (Å²) in [6.45, 7) is 2.74. The maximum atomic E-state index is 13.3. The second-order valence-corrected chi connectivity index (χ2v) is 8.97. The molecule has 0 aromatic heterocycles. The molecule has 0 bridgehead atoms. The quantitative estimate of drug-likeness (QED) is 0.281. The lowest BCUT2D eigenvalue weighted by molar-refractivity contribution is -0.140. The van der Waals surface area contributed by atoms with E-state index in [4.69, 9.17) is 9.47 Å². The number of carbonyl (C=O) groups excluding carboxylic acids is 2. The number of aryl methyl sites for hydroxylation is 1. The fourth-order valence-corrected chi connectivity index (χ4v) is 4.32. The first-order valence-corrected chi connectivity index (χ1v) is 11.7. The van der Waals surface area contributed by atoms with Crippen LogP contribution in [-0.2, 0) is 9.59 Å². The molecule has 1 atom stereocenters. The van der Waals surface area contributed by atoms with Crippen LogP contribution in [0.1, 0.15) is 22.7 Å². The van der Waals surface area contributed by atoms with Crippen molar-refractivity contribution >= 4 is 17.4 Å². The van der Waals surface area contributed by atoms with Crippen molar-refractivity contribution in [1.29, 1.82) is 0 Å². The van der Waals surface area contributed by atoms with Crippen LogP contribution in [-0.4, -0.2) is 60.9 Å². The van der Waals surface area contributed by atoms with Crippen molar-refractivity contribution < 1.29 is 24.2 Å². The van der Waals surface area contributed by atoms with E-state index in [2.05, 4.69) is 0 Å². The van der Waals surface area contributed by atoms with E-state index in [0.29, 0.717) is 41.5 Å². The number of Topliss-reactive ketones (excluding diaryl/α,β-unsaturated/α-hetero) is 1. The van der Waals surface area contributed by atoms with E-state index in [9.17, 15) is 14.7 Å². The molecule has 7 nitrogen and oxygen atoms in total. The Morgan fingerprint density at radius 2 is 1.69 bits per heavy atom. The van der Waals surface area contributed by atoms with Crippen LogP contribution < -0.4 is 9.47 Å². The Kier molecular flexibility index (Phi) is 7.41. The molecular weight excluding hydrogens is 456 g/mol. The molecule has 1 fully saturated rings. The van der Waals surface area contributed by atoms with Crippen molar-refractivity contribution in [2.24, 2.45) is 0 Å². The number of amides is 1. The molecule has 0 radical (unpaired) electrons. The number of rotatable bonds is 8. The number of nitrogens with zero attached hydrogens (tertiary/aromatic N) is 2. The van der Waals surface area contributed by atoms with Crippen molar-refractivity contribution in [3.05, 3.63) is 95.1 Å². The second kappa shape index (κ2) is 10.7. The Morgan fingerprint density at radius 3 is 2.36 bits per heavy atom. The van der Waals surface area contributed by atoms with Gasteiger partial charge in [0.05, 0.1) is 18.7 Å². The van der Waals surface area contributed by atoms with Crippen LogP contribution in [0.2, 0.25) is 0 Å². The highest BCUT2D eigenvalue weighted by Crippen LogP contribution is 2.41. The first kappa shape index (κ1) is 25.0. The van der Waals surface area contributed by atoms with Crippen molar-refractivity contribution in [3.63, 3.8) is 0 Å². The Labute approximate surface area is 211 Å². The second-order valence-electron chi connectivity index (χ2n) is 8.97. The van der Waals surface area contributed by atoms with Crippen LogP contribution in [0.25, 0.3) is 5.76 Å². The van der Waals surface area contributed by atoms with Gasteiger partial charge in [-0.15, -0.1) is 0 Å². The first-order valence-electron chi connectivity index (χ1n) is 11.7. The number of aliphatic hydroxyl groups is 1. The van der Waals surface area contributed by atoms with Crippen LogP contribution in [0.3, 0.4) is 0 Å². The minimum absolute atomic E-state index is 0.0557. The summed E-state index contributed by atoms with van der Waals surface area (Å²) in [7, 11) is 5.38. The molecule has 1 aliphatic heterocycles. The standard InChI is InChI=1S/C29H30N2O5/c1-19-17-21(13-14-24(19)35-4)27(32)25-26(31(16-15-30(2)3)29(34)28(25)33)20-9-8-12-23(18-20)36-22-10-6-5-7-11-22/h5-14,17-18,26,32H,15-16H2,1-4H3/b27-25+/t26-/m0/s1. The molecule has 0 aliphatic carbocycles. The average Bonchev–Trinajstić information content (AvgIpc) is 3.12. The van der Waals surface area contributed by atoms with E-state index in [1.807, 2.05) is 74.4 Å². The molecule has 1 heterocycles. The lowest BCUT2D eigenvalue weighted by Gasteiger charge is -2.27. The molecule has 0 spiro atoms. The Hall–Kier alpha value is -4.10. The summed E-state index contributed by atoms with van der Waals surface area (Å²) in [4.78, 5) is 29.9. The predicted octanol–water partition coefficient (Wildman–Crippen LogP) is 4.78. The van der Waals surface area contributed by atoms with Crippen LogP contribution >= 0.6 is 0 Å². The Morgan fingerprint density at radius 1 is 0.972 bits per heavy atom. The normalized spacial score (nSPS) is 17.0. The van der Waals surface area contributed by atoms with Crippen LogP contribution in [0.4, 0.5) is 0 Å². The predicted molar refractivity (Wildman–Crippen MR) is 138 cm³/mol. The molecule has 186 valence electrons. The smallest absolute Gasteiger partial charge is 0.295 e. The molecular formula is C29H30N2O5. The zero-order valence-electron chi connectivity index (χ0n) is 20.9. The molecule has 36 heavy (non-hydrogen) atoms. The van der Waals surface area contributed by atoms with Gasteiger partial charge in [-0.1, -0.05) is 30.3 Å². The van der Waals surface area contributed by atoms with E-state index >= 15 is 0 Å². The molecule has 0 unspecified atom stereocenters. The minimum Gasteiger partial charge on any atom is -0.507 e. The van der Waals surface area contributed by atoms with Gasteiger partial charge in [-0.25, -0.2) is 0 Å². The molecule has 7 heteroatoms. The first-order chi connectivity index (χ1) is 17.3. The fraction of sp³-hybridized carbons (Fsp3) is 0.241. The maximum Gasteiger partial charge on any atom is 0.295 e. The Bertz CT molecular complexity index is 1300. The van der Waals surface area contributed by atoms with Gasteiger partial charge in [-0.3, -0.25) is 9.59 Å². The van der Waals surface area contributed by atoms with Gasteiger partial charge in [0.25, 0.3) is 11.7 Å². The van der Waals surface area contributed by atoms with E-state index < -0.39 is 17.7 Å². The molecule has 1 aliphatic rings. The molecule has 1 amide bonds. The molecule has 3 aromatic carbocycles. The van der Waals surface area contributed by atoms with Gasteiger partial charge < -0.3 is 24.4 Å². The summed E-state index contributed by atoms with van der Waals surface area (Å²) in [6.07, 6.45) is 0. The lowest BCUT2D eigenvalue weighted by Crippen LogP contribution is -2.35. The largest absolute Gasteiger partial charge is 0.507 e. The van der Waals surface area contributed by atoms with Crippen LogP contribution in [0.15, 0.2) is 78.4 Å². The summed E-state index contributed by atoms with van der Waals surface area (Å²) in [5, 5.41) is 11.3. The van der Waals surface area contributed by atoms with Crippen molar-refractivity contribution in [1.82, 2.24) is 9.80 Å². The number of hydrogen-bond donors (Lipinski definition) is 1. The van der Waals surface area contributed by atoms with Crippen molar-refractivity contribution in [2.75, 3.05) is 34.3 Å². The number of carbonyl (C=O) groups is 2. The van der Waals surface area contributed by atoms with E-state index in [1.54, 1.807) is 31.4 Å². The fourth-order valence-electron chi connectivity index (χ4n) is 4.32. The summed E-state index contributed by atoms with van der Waals surface area (Å²) in [5.41, 5.74) is 1.98. The number of ether oxygens (including phenoxy) is 2. The average molecular weight is 487 g/mol. The molecule has 4 rings (SSSR count). The zero-order chi connectivity index (χ0) is 25.8. The summed E-state index contributed by atoms with van der Waals surface area (Å²) >= 11 is 0. The highest BCUT2D eigenvalue weighted by Gasteiger charge is 2.46. The number of ketones is 1. The van der Waals surface area contributed by atoms with E-state index in [0.717, 1.165) is 5.56 Å². The van der Waals surface area contributed by atoms with Gasteiger partial charge in [0.15, 0.2) is 0 Å². The number of para-hydroxylation sites is 1. The van der Waals surface area contributed by atoms with Gasteiger partial charge in [-0.2, -0.15) is 0 Å². The summed E-state index contributed by atoms with van der Waals surface area (Å²) in [5.74, 6) is 0.343. The maximum absolute atomic E-state index is 13.3. The topological polar surface area (TPSA) is 79.3 Å². The number of likely N-dealkylation sites (N-methyl/N-ethyl adjacent to an activating group) is 1. The zero-order valence-corrected chi connectivity index (χ0v) is 20.9. The monoisotopic (exact) mass is 486 g/mol. The van der Waals surface area contributed by atoms with Gasteiger partial charge in [0.1, 0.15) is 23.0 Å². The van der Waals surface area contributed by atoms with Gasteiger partial charge in [0, 0.05) is 18.7 Å². The van der Waals surface area contributed by atoms with Gasteiger partial charge in [0.2, 0.25) is 0 Å². The number of likely N-dealkylation sites (tertiary alicyclic amines) is 1. The number of hydrogen-bond acceptors (Lipinski definition) is 6. The van der Waals surface area contributed by atoms with Crippen LogP contribution in [0, 0.1) is 6.92 Å². The van der Waals surface area contributed by atoms with Crippen molar-refractivity contribution in [2.45, 2.75) is 13.0 Å². The number of methoxy groups -OCH3 is 1. The molecule has 0 saturated carbocycles. The highest BCUT2D eigenvalue weighted by atomic mass is 16.5. The molecule has 3 aromatic rings. The minimum atomic E-state index is -0.758. The highest BCUT2D eigenvalue weighted by molar-refractivity contribution is 6.46. The Balaban J connectivity index is 1.81. The summed E-state index contributed by atoms with van der Waals surface area (Å²) in [6, 6.07) is 21.0. The summed E-state index contributed by atoms with van der Waals surface area (Å²) < 4.78 is 11.3. The molecule has 1 N–H and O–H groups in total. The number of aliphatic hydroxyl groups excluding tert-OH is 1. The van der Waals surface area contributed by atoms with Gasteiger partial charge >= 0.3 is 0 Å². The van der Waals surface area contributed by atoms with E-state index in [-0.39, 0.29) is 11.3 Å². The lowest BCUT2D eigenvalue weighted by atomic mass is 9.94. The van der Waals surface area contributed by atoms with Crippen LogP contribution in [0.5, 0.6) is 17.2 Å². The third kappa shape index (κ3) is 5.11. The van der Waals surface area contributed by atoms with Crippen molar-refractivity contribution in [3.8, 4) is 17.2 Å². The van der Waals surface area contributed by atoms with E-state index in [1.165, 1.54) is 4.90 Å². The third-order valence-electron chi connectivity index (χ3n) is 6.15. The molecule has 1 saturated heterocycles.